The highest BCUT2D eigenvalue weighted by atomic mass is 16.6. The first-order valence-corrected chi connectivity index (χ1v) is 10.8. The number of aromatic nitrogens is 3. The van der Waals surface area contributed by atoms with Crippen LogP contribution >= 0.6 is 0 Å². The number of nitrogens with zero attached hydrogens (tertiary/aromatic N) is 5. The van der Waals surface area contributed by atoms with Crippen molar-refractivity contribution in [2.45, 2.75) is 51.6 Å². The highest BCUT2D eigenvalue weighted by Crippen LogP contribution is 2.31. The molecule has 1 fully saturated rings. The van der Waals surface area contributed by atoms with Crippen LogP contribution in [0.3, 0.4) is 0 Å². The zero-order valence-corrected chi connectivity index (χ0v) is 18.7. The number of carbonyl (C=O) groups excluding carboxylic acids is 1. The van der Waals surface area contributed by atoms with Crippen LogP contribution < -0.4 is 5.73 Å². The number of benzene rings is 1. The van der Waals surface area contributed by atoms with Crippen LogP contribution in [0.25, 0.3) is 16.8 Å². The van der Waals surface area contributed by atoms with E-state index >= 15 is 0 Å². The second kappa shape index (κ2) is 8.50. The number of carbonyl (C=O) groups is 1. The number of likely N-dealkylation sites (tertiary alicyclic amines) is 1. The molecule has 32 heavy (non-hydrogen) atoms. The predicted octanol–water partition coefficient (Wildman–Crippen LogP) is 4.16. The van der Waals surface area contributed by atoms with Gasteiger partial charge in [0.25, 0.3) is 0 Å². The maximum atomic E-state index is 12.6. The minimum Gasteiger partial charge on any atom is -0.444 e. The molecular formula is C24H28N6O2. The van der Waals surface area contributed by atoms with E-state index in [2.05, 4.69) is 11.2 Å². The van der Waals surface area contributed by atoms with E-state index < -0.39 is 5.60 Å². The molecule has 0 radical (unpaired) electrons. The molecule has 1 aliphatic rings. The van der Waals surface area contributed by atoms with Gasteiger partial charge >= 0.3 is 6.09 Å². The Morgan fingerprint density at radius 1 is 1.31 bits per heavy atom. The third-order valence-corrected chi connectivity index (χ3v) is 5.56. The molecule has 2 N–H and O–H groups in total. The van der Waals surface area contributed by atoms with Gasteiger partial charge in [-0.05, 0) is 44.7 Å². The molecule has 1 unspecified atom stereocenters. The van der Waals surface area contributed by atoms with Gasteiger partial charge in [0.2, 0.25) is 0 Å². The lowest BCUT2D eigenvalue weighted by atomic mass is 9.94. The number of nitriles is 1. The largest absolute Gasteiger partial charge is 0.444 e. The fourth-order valence-electron chi connectivity index (χ4n) is 4.02. The minimum absolute atomic E-state index is 0.0734. The van der Waals surface area contributed by atoms with Gasteiger partial charge in [-0.2, -0.15) is 14.9 Å². The molecule has 8 heteroatoms. The van der Waals surface area contributed by atoms with Crippen LogP contribution in [0.5, 0.6) is 0 Å². The van der Waals surface area contributed by atoms with Crippen molar-refractivity contribution < 1.29 is 9.53 Å². The Labute approximate surface area is 187 Å². The van der Waals surface area contributed by atoms with Crippen LogP contribution in [0.2, 0.25) is 0 Å². The van der Waals surface area contributed by atoms with E-state index in [1.807, 2.05) is 51.1 Å². The normalized spacial score (nSPS) is 16.7. The fraction of sp³-hybridized carbons (Fsp3) is 0.417. The molecule has 8 nitrogen and oxygen atoms in total. The number of hydrogen-bond acceptors (Lipinski definition) is 6. The van der Waals surface area contributed by atoms with Crippen molar-refractivity contribution >= 4 is 17.6 Å². The van der Waals surface area contributed by atoms with Gasteiger partial charge < -0.3 is 15.4 Å². The average Bonchev–Trinajstić information content (AvgIpc) is 3.18. The van der Waals surface area contributed by atoms with E-state index in [-0.39, 0.29) is 12.0 Å². The summed E-state index contributed by atoms with van der Waals surface area (Å²) in [5.41, 5.74) is 10.1. The summed E-state index contributed by atoms with van der Waals surface area (Å²) in [6.45, 7) is 6.84. The molecule has 3 aromatic rings. The maximum Gasteiger partial charge on any atom is 0.410 e. The van der Waals surface area contributed by atoms with E-state index in [0.717, 1.165) is 35.2 Å². The van der Waals surface area contributed by atoms with E-state index in [0.29, 0.717) is 31.0 Å². The highest BCUT2D eigenvalue weighted by molar-refractivity contribution is 5.78. The molecule has 0 bridgehead atoms. The highest BCUT2D eigenvalue weighted by Gasteiger charge is 2.29. The molecule has 0 spiro atoms. The van der Waals surface area contributed by atoms with Crippen molar-refractivity contribution in [3.05, 3.63) is 47.8 Å². The molecule has 0 aliphatic carbocycles. The van der Waals surface area contributed by atoms with Crippen LogP contribution in [-0.2, 0) is 11.2 Å². The summed E-state index contributed by atoms with van der Waals surface area (Å²) >= 11 is 0. The Balaban J connectivity index is 1.63. The lowest BCUT2D eigenvalue weighted by Gasteiger charge is -2.34. The summed E-state index contributed by atoms with van der Waals surface area (Å²) in [5, 5.41) is 13.3. The van der Waals surface area contributed by atoms with Crippen molar-refractivity contribution in [3.63, 3.8) is 0 Å². The number of nitrogens with two attached hydrogens (primary N) is 1. The predicted molar refractivity (Wildman–Crippen MR) is 122 cm³/mol. The van der Waals surface area contributed by atoms with Crippen LogP contribution in [0.15, 0.2) is 36.5 Å². The molecule has 4 rings (SSSR count). The number of fused-ring (bicyclic) bond motifs is 1. The number of rotatable bonds is 3. The van der Waals surface area contributed by atoms with E-state index in [1.165, 1.54) is 0 Å². The number of piperidine rings is 1. The fourth-order valence-corrected chi connectivity index (χ4v) is 4.02. The number of hydrogen-bond donors (Lipinski definition) is 1. The van der Waals surface area contributed by atoms with Crippen LogP contribution in [0.4, 0.5) is 10.6 Å². The van der Waals surface area contributed by atoms with Crippen LogP contribution in [0.1, 0.15) is 50.8 Å². The smallest absolute Gasteiger partial charge is 0.410 e. The summed E-state index contributed by atoms with van der Waals surface area (Å²) in [6.07, 6.45) is 3.64. The number of nitrogen functional groups attached to an aromatic ring is 1. The first kappa shape index (κ1) is 21.6. The van der Waals surface area contributed by atoms with E-state index in [1.54, 1.807) is 15.6 Å². The topological polar surface area (TPSA) is 110 Å². The van der Waals surface area contributed by atoms with Crippen molar-refractivity contribution in [3.8, 4) is 17.2 Å². The standard InChI is InChI=1S/C24H28N6O2/c1-24(2,3)32-23(31)29-12-4-5-18(15-29)20-13-21(26)30-22(28-20)19(14-27-30)17-8-6-16(7-9-17)10-11-25/h6-9,13-14,18H,4-5,10,12,15,26H2,1-3H3. The summed E-state index contributed by atoms with van der Waals surface area (Å²) in [4.78, 5) is 19.2. The third-order valence-electron chi connectivity index (χ3n) is 5.56. The average molecular weight is 433 g/mol. The molecule has 1 atom stereocenters. The molecule has 1 aromatic carbocycles. The van der Waals surface area contributed by atoms with Gasteiger partial charge in [0.05, 0.1) is 24.4 Å². The van der Waals surface area contributed by atoms with Crippen molar-refractivity contribution in [2.24, 2.45) is 0 Å². The van der Waals surface area contributed by atoms with Crippen molar-refractivity contribution in [1.29, 1.82) is 5.26 Å². The van der Waals surface area contributed by atoms with Crippen molar-refractivity contribution in [2.75, 3.05) is 18.8 Å². The number of ether oxygens (including phenoxy) is 1. The lowest BCUT2D eigenvalue weighted by Crippen LogP contribution is -2.42. The Bertz CT molecular complexity index is 1170. The number of amides is 1. The summed E-state index contributed by atoms with van der Waals surface area (Å²) in [7, 11) is 0. The second-order valence-electron chi connectivity index (χ2n) is 9.20. The zero-order chi connectivity index (χ0) is 22.9. The van der Waals surface area contributed by atoms with E-state index in [4.69, 9.17) is 20.7 Å². The Hall–Kier alpha value is -3.60. The summed E-state index contributed by atoms with van der Waals surface area (Å²) in [6, 6.07) is 11.8. The van der Waals surface area contributed by atoms with Gasteiger partial charge in [-0.1, -0.05) is 24.3 Å². The third kappa shape index (κ3) is 4.52. The van der Waals surface area contributed by atoms with Gasteiger partial charge in [0.1, 0.15) is 11.4 Å². The van der Waals surface area contributed by atoms with Gasteiger partial charge in [-0.15, -0.1) is 0 Å². The quantitative estimate of drug-likeness (QED) is 0.665. The Morgan fingerprint density at radius 3 is 2.75 bits per heavy atom. The zero-order valence-electron chi connectivity index (χ0n) is 18.7. The monoisotopic (exact) mass is 432 g/mol. The SMILES string of the molecule is CC(C)(C)OC(=O)N1CCCC(c2cc(N)n3ncc(-c4ccc(CC#N)cc4)c3n2)C1. The summed E-state index contributed by atoms with van der Waals surface area (Å²) in [5.74, 6) is 0.580. The van der Waals surface area contributed by atoms with Gasteiger partial charge in [0, 0.05) is 30.6 Å². The van der Waals surface area contributed by atoms with Gasteiger partial charge in [-0.25, -0.2) is 9.78 Å². The molecular weight excluding hydrogens is 404 g/mol. The number of anilines is 1. The van der Waals surface area contributed by atoms with Gasteiger partial charge in [0.15, 0.2) is 5.65 Å². The lowest BCUT2D eigenvalue weighted by molar-refractivity contribution is 0.0197. The molecule has 1 amide bonds. The molecule has 1 aliphatic heterocycles. The Kier molecular flexibility index (Phi) is 5.74. The van der Waals surface area contributed by atoms with Gasteiger partial charge in [-0.3, -0.25) is 0 Å². The summed E-state index contributed by atoms with van der Waals surface area (Å²) < 4.78 is 7.19. The van der Waals surface area contributed by atoms with Crippen LogP contribution in [0, 0.1) is 11.3 Å². The molecule has 0 saturated carbocycles. The van der Waals surface area contributed by atoms with E-state index in [9.17, 15) is 4.79 Å². The molecule has 1 saturated heterocycles. The minimum atomic E-state index is -0.527. The van der Waals surface area contributed by atoms with Crippen LogP contribution in [-0.4, -0.2) is 44.3 Å². The molecule has 166 valence electrons. The Morgan fingerprint density at radius 2 is 2.06 bits per heavy atom. The first-order chi connectivity index (χ1) is 15.2. The second-order valence-corrected chi connectivity index (χ2v) is 9.20. The maximum absolute atomic E-state index is 12.6. The molecule has 2 aromatic heterocycles. The van der Waals surface area contributed by atoms with Crippen molar-refractivity contribution in [1.82, 2.24) is 19.5 Å². The molecule has 3 heterocycles. The first-order valence-electron chi connectivity index (χ1n) is 10.8.